The summed E-state index contributed by atoms with van der Waals surface area (Å²) in [6.07, 6.45) is 1.59. The molecule has 1 aromatic heterocycles. The van der Waals surface area contributed by atoms with Crippen LogP contribution in [0, 0.1) is 0 Å². The van der Waals surface area contributed by atoms with Gasteiger partial charge in [-0.1, -0.05) is 42.1 Å². The van der Waals surface area contributed by atoms with E-state index in [1.54, 1.807) is 18.1 Å². The van der Waals surface area contributed by atoms with Crippen LogP contribution in [-0.2, 0) is 0 Å². The van der Waals surface area contributed by atoms with E-state index in [0.29, 0.717) is 12.5 Å². The molecule has 2 aromatic rings. The van der Waals surface area contributed by atoms with Gasteiger partial charge in [-0.2, -0.15) is 4.37 Å². The van der Waals surface area contributed by atoms with Crippen LogP contribution in [0.15, 0.2) is 41.0 Å². The van der Waals surface area contributed by atoms with E-state index in [2.05, 4.69) is 21.5 Å². The number of hydrogen-bond acceptors (Lipinski definition) is 5. The van der Waals surface area contributed by atoms with Crippen molar-refractivity contribution in [3.05, 3.63) is 42.2 Å². The predicted octanol–water partition coefficient (Wildman–Crippen LogP) is 2.37. The third-order valence-corrected chi connectivity index (χ3v) is 4.26. The minimum absolute atomic E-state index is 0.384. The molecular formula is C11H13N3S2. The molecule has 1 heterocycles. The van der Waals surface area contributed by atoms with Gasteiger partial charge in [-0.25, -0.2) is 4.98 Å². The molecule has 2 N–H and O–H groups in total. The van der Waals surface area contributed by atoms with Gasteiger partial charge in [0.05, 0.1) is 0 Å². The highest BCUT2D eigenvalue weighted by molar-refractivity contribution is 8.00. The van der Waals surface area contributed by atoms with Crippen LogP contribution in [-0.4, -0.2) is 21.7 Å². The molecule has 0 fully saturated rings. The molecule has 2 rings (SSSR count). The Labute approximate surface area is 103 Å². The van der Waals surface area contributed by atoms with Gasteiger partial charge < -0.3 is 5.73 Å². The van der Waals surface area contributed by atoms with Crippen LogP contribution in [0.4, 0.5) is 0 Å². The fourth-order valence-corrected chi connectivity index (χ4v) is 3.04. The first-order valence-corrected chi connectivity index (χ1v) is 6.80. The summed E-state index contributed by atoms with van der Waals surface area (Å²) in [7, 11) is 0. The molecule has 1 unspecified atom stereocenters. The Morgan fingerprint density at radius 2 is 2.12 bits per heavy atom. The summed E-state index contributed by atoms with van der Waals surface area (Å²) in [5.41, 5.74) is 7.09. The lowest BCUT2D eigenvalue weighted by Crippen LogP contribution is -2.14. The molecule has 1 atom stereocenters. The van der Waals surface area contributed by atoms with Crippen molar-refractivity contribution in [1.29, 1.82) is 0 Å². The maximum Gasteiger partial charge on any atom is 0.169 e. The monoisotopic (exact) mass is 251 g/mol. The summed E-state index contributed by atoms with van der Waals surface area (Å²) < 4.78 is 4.99. The first-order chi connectivity index (χ1) is 7.90. The first-order valence-electron chi connectivity index (χ1n) is 5.04. The average Bonchev–Trinajstić information content (AvgIpc) is 2.84. The average molecular weight is 251 g/mol. The molecule has 0 radical (unpaired) electrons. The number of thioether (sulfide) groups is 1. The quantitative estimate of drug-likeness (QED) is 0.829. The summed E-state index contributed by atoms with van der Waals surface area (Å²) >= 11 is 3.15. The fourth-order valence-electron chi connectivity index (χ4n) is 1.42. The van der Waals surface area contributed by atoms with Gasteiger partial charge in [0.15, 0.2) is 4.34 Å². The van der Waals surface area contributed by atoms with Crippen LogP contribution >= 0.6 is 23.3 Å². The van der Waals surface area contributed by atoms with E-state index in [9.17, 15) is 0 Å². The van der Waals surface area contributed by atoms with Gasteiger partial charge >= 0.3 is 0 Å². The zero-order valence-electron chi connectivity index (χ0n) is 8.74. The lowest BCUT2D eigenvalue weighted by atomic mass is 10.0. The number of aromatic nitrogens is 2. The summed E-state index contributed by atoms with van der Waals surface area (Å²) in [5, 5.41) is 0. The van der Waals surface area contributed by atoms with Crippen LogP contribution in [0.3, 0.4) is 0 Å². The first kappa shape index (κ1) is 11.6. The standard InChI is InChI=1S/C11H13N3S2/c12-6-10(9-4-2-1-3-5-9)7-15-11-13-8-14-16-11/h1-5,8,10H,6-7,12H2. The maximum atomic E-state index is 5.80. The molecule has 0 saturated carbocycles. The molecule has 0 aliphatic rings. The van der Waals surface area contributed by atoms with Gasteiger partial charge in [-0.05, 0) is 23.6 Å². The minimum atomic E-state index is 0.384. The Bertz CT molecular complexity index is 402. The smallest absolute Gasteiger partial charge is 0.169 e. The van der Waals surface area contributed by atoms with E-state index in [-0.39, 0.29) is 0 Å². The molecule has 3 nitrogen and oxygen atoms in total. The summed E-state index contributed by atoms with van der Waals surface area (Å²) in [6, 6.07) is 10.4. The van der Waals surface area contributed by atoms with Gasteiger partial charge in [0, 0.05) is 11.7 Å². The predicted molar refractivity (Wildman–Crippen MR) is 68.9 cm³/mol. The van der Waals surface area contributed by atoms with Crippen molar-refractivity contribution in [2.45, 2.75) is 10.3 Å². The number of hydrogen-bond donors (Lipinski definition) is 1. The Morgan fingerprint density at radius 1 is 1.31 bits per heavy atom. The highest BCUT2D eigenvalue weighted by Gasteiger charge is 2.10. The maximum absolute atomic E-state index is 5.80. The van der Waals surface area contributed by atoms with Crippen molar-refractivity contribution in [2.24, 2.45) is 5.73 Å². The van der Waals surface area contributed by atoms with Crippen molar-refractivity contribution in [3.8, 4) is 0 Å². The fraction of sp³-hybridized carbons (Fsp3) is 0.273. The van der Waals surface area contributed by atoms with Crippen LogP contribution in [0.2, 0.25) is 0 Å². The van der Waals surface area contributed by atoms with Crippen molar-refractivity contribution in [3.63, 3.8) is 0 Å². The van der Waals surface area contributed by atoms with Gasteiger partial charge in [0.2, 0.25) is 0 Å². The Morgan fingerprint density at radius 3 is 2.75 bits per heavy atom. The molecule has 0 aliphatic heterocycles. The normalized spacial score (nSPS) is 12.6. The highest BCUT2D eigenvalue weighted by Crippen LogP contribution is 2.25. The van der Waals surface area contributed by atoms with Crippen molar-refractivity contribution in [2.75, 3.05) is 12.3 Å². The molecule has 0 saturated heterocycles. The molecule has 16 heavy (non-hydrogen) atoms. The molecule has 5 heteroatoms. The number of rotatable bonds is 5. The van der Waals surface area contributed by atoms with Crippen LogP contribution < -0.4 is 5.73 Å². The SMILES string of the molecule is NCC(CSc1ncns1)c1ccccc1. The van der Waals surface area contributed by atoms with Crippen LogP contribution in [0.5, 0.6) is 0 Å². The second-order valence-electron chi connectivity index (χ2n) is 3.36. The van der Waals surface area contributed by atoms with Gasteiger partial charge in [-0.3, -0.25) is 0 Å². The lowest BCUT2D eigenvalue weighted by Gasteiger charge is -2.13. The van der Waals surface area contributed by atoms with E-state index in [1.807, 2.05) is 18.2 Å². The minimum Gasteiger partial charge on any atom is -0.330 e. The second-order valence-corrected chi connectivity index (χ2v) is 5.41. The van der Waals surface area contributed by atoms with E-state index < -0.39 is 0 Å². The second kappa shape index (κ2) is 5.98. The topological polar surface area (TPSA) is 51.8 Å². The molecule has 0 bridgehead atoms. The third kappa shape index (κ3) is 3.04. The Balaban J connectivity index is 1.96. The number of benzene rings is 1. The molecule has 0 spiro atoms. The van der Waals surface area contributed by atoms with Crippen LogP contribution in [0.1, 0.15) is 11.5 Å². The van der Waals surface area contributed by atoms with E-state index in [4.69, 9.17) is 5.73 Å². The third-order valence-electron chi connectivity index (χ3n) is 2.30. The summed E-state index contributed by atoms with van der Waals surface area (Å²) in [6.45, 7) is 0.663. The van der Waals surface area contributed by atoms with E-state index in [1.165, 1.54) is 17.1 Å². The van der Waals surface area contributed by atoms with Crippen molar-refractivity contribution < 1.29 is 0 Å². The molecule has 84 valence electrons. The molecule has 0 aliphatic carbocycles. The van der Waals surface area contributed by atoms with Crippen molar-refractivity contribution >= 4 is 23.3 Å². The van der Waals surface area contributed by atoms with Gasteiger partial charge in [-0.15, -0.1) is 0 Å². The van der Waals surface area contributed by atoms with Crippen LogP contribution in [0.25, 0.3) is 0 Å². The number of nitrogens with zero attached hydrogens (tertiary/aromatic N) is 2. The number of nitrogens with two attached hydrogens (primary N) is 1. The highest BCUT2D eigenvalue weighted by atomic mass is 32.2. The Kier molecular flexibility index (Phi) is 4.33. The summed E-state index contributed by atoms with van der Waals surface area (Å²) in [5.74, 6) is 1.34. The van der Waals surface area contributed by atoms with E-state index >= 15 is 0 Å². The van der Waals surface area contributed by atoms with E-state index in [0.717, 1.165) is 10.1 Å². The summed E-state index contributed by atoms with van der Waals surface area (Å²) in [4.78, 5) is 4.15. The molecular weight excluding hydrogens is 238 g/mol. The van der Waals surface area contributed by atoms with Gasteiger partial charge in [0.25, 0.3) is 0 Å². The largest absolute Gasteiger partial charge is 0.330 e. The lowest BCUT2D eigenvalue weighted by molar-refractivity contribution is 0.785. The zero-order valence-corrected chi connectivity index (χ0v) is 10.4. The molecule has 0 amide bonds. The van der Waals surface area contributed by atoms with Gasteiger partial charge in [0.1, 0.15) is 6.33 Å². The molecule has 1 aromatic carbocycles. The Hall–Kier alpha value is -0.910. The van der Waals surface area contributed by atoms with Crippen molar-refractivity contribution in [1.82, 2.24) is 9.36 Å². The zero-order chi connectivity index (χ0) is 11.2.